The number of benzene rings is 1. The fourth-order valence-electron chi connectivity index (χ4n) is 4.90. The van der Waals surface area contributed by atoms with Crippen LogP contribution < -0.4 is 4.74 Å². The molecule has 2 heterocycles. The molecule has 0 unspecified atom stereocenters. The predicted molar refractivity (Wildman–Crippen MR) is 120 cm³/mol. The van der Waals surface area contributed by atoms with Gasteiger partial charge in [-0.1, -0.05) is 31.4 Å². The molecule has 6 heteroatoms. The lowest BCUT2D eigenvalue weighted by Gasteiger charge is -2.31. The van der Waals surface area contributed by atoms with Crippen LogP contribution in [0, 0.1) is 5.92 Å². The Hall–Kier alpha value is -1.63. The van der Waals surface area contributed by atoms with E-state index < -0.39 is 0 Å². The lowest BCUT2D eigenvalue weighted by atomic mass is 9.88. The number of hydrogen-bond acceptors (Lipinski definition) is 5. The first-order valence-electron chi connectivity index (χ1n) is 12.2. The molecule has 1 amide bonds. The molecule has 0 aromatic heterocycles. The normalized spacial score (nSPS) is 23.0. The Balaban J connectivity index is 1.30. The van der Waals surface area contributed by atoms with Crippen molar-refractivity contribution in [3.63, 3.8) is 0 Å². The number of ether oxygens (including phenoxy) is 3. The van der Waals surface area contributed by atoms with Crippen LogP contribution in [0.3, 0.4) is 0 Å². The number of rotatable bonds is 9. The van der Waals surface area contributed by atoms with E-state index in [-0.39, 0.29) is 12.0 Å². The molecule has 172 valence electrons. The van der Waals surface area contributed by atoms with Crippen molar-refractivity contribution in [1.82, 2.24) is 9.80 Å². The third-order valence-electron chi connectivity index (χ3n) is 6.79. The van der Waals surface area contributed by atoms with Crippen molar-refractivity contribution in [2.24, 2.45) is 5.92 Å². The van der Waals surface area contributed by atoms with E-state index in [1.54, 1.807) is 0 Å². The number of carbonyl (C=O) groups excluding carboxylic acids is 1. The molecule has 0 spiro atoms. The first kappa shape index (κ1) is 22.6. The monoisotopic (exact) mass is 430 g/mol. The number of nitrogens with zero attached hydrogens (tertiary/aromatic N) is 2. The Morgan fingerprint density at radius 1 is 1.00 bits per heavy atom. The quantitative estimate of drug-likeness (QED) is 0.600. The maximum Gasteiger partial charge on any atom is 0.226 e. The smallest absolute Gasteiger partial charge is 0.226 e. The van der Waals surface area contributed by atoms with Crippen molar-refractivity contribution in [3.05, 3.63) is 29.8 Å². The highest BCUT2D eigenvalue weighted by Crippen LogP contribution is 2.27. The van der Waals surface area contributed by atoms with E-state index in [2.05, 4.69) is 21.9 Å². The third kappa shape index (κ3) is 6.93. The predicted octanol–water partition coefficient (Wildman–Crippen LogP) is 3.49. The zero-order valence-electron chi connectivity index (χ0n) is 18.8. The fourth-order valence-corrected chi connectivity index (χ4v) is 4.90. The van der Waals surface area contributed by atoms with Crippen LogP contribution in [0.2, 0.25) is 0 Å². The molecular weight excluding hydrogens is 392 g/mol. The molecule has 1 aliphatic carbocycles. The van der Waals surface area contributed by atoms with Crippen LogP contribution in [0.15, 0.2) is 24.3 Å². The molecule has 0 bridgehead atoms. The maximum absolute atomic E-state index is 13.3. The Morgan fingerprint density at radius 2 is 1.77 bits per heavy atom. The first-order valence-corrected chi connectivity index (χ1v) is 12.2. The summed E-state index contributed by atoms with van der Waals surface area (Å²) < 4.78 is 17.2. The summed E-state index contributed by atoms with van der Waals surface area (Å²) in [5, 5.41) is 0. The van der Waals surface area contributed by atoms with Crippen LogP contribution in [0.5, 0.6) is 5.75 Å². The zero-order valence-corrected chi connectivity index (χ0v) is 18.8. The second kappa shape index (κ2) is 11.8. The van der Waals surface area contributed by atoms with E-state index >= 15 is 0 Å². The maximum atomic E-state index is 13.3. The molecule has 1 atom stereocenters. The van der Waals surface area contributed by atoms with Gasteiger partial charge in [0.2, 0.25) is 5.91 Å². The van der Waals surface area contributed by atoms with Gasteiger partial charge in [-0.2, -0.15) is 0 Å². The number of amides is 1. The molecule has 2 aliphatic heterocycles. The first-order chi connectivity index (χ1) is 15.3. The molecule has 1 aromatic carbocycles. The van der Waals surface area contributed by atoms with Crippen LogP contribution in [-0.2, 0) is 20.8 Å². The zero-order chi connectivity index (χ0) is 21.3. The largest absolute Gasteiger partial charge is 0.492 e. The highest BCUT2D eigenvalue weighted by atomic mass is 16.5. The van der Waals surface area contributed by atoms with Crippen LogP contribution >= 0.6 is 0 Å². The van der Waals surface area contributed by atoms with Gasteiger partial charge in [-0.05, 0) is 43.4 Å². The molecule has 1 saturated carbocycles. The molecule has 1 aromatic rings. The van der Waals surface area contributed by atoms with E-state index in [4.69, 9.17) is 14.2 Å². The topological polar surface area (TPSA) is 51.2 Å². The summed E-state index contributed by atoms with van der Waals surface area (Å²) in [4.78, 5) is 17.7. The number of hydrogen-bond donors (Lipinski definition) is 0. The second-order valence-corrected chi connectivity index (χ2v) is 9.14. The molecule has 4 rings (SSSR count). The lowest BCUT2D eigenvalue weighted by Crippen LogP contribution is -2.41. The molecular formula is C25H38N2O4. The van der Waals surface area contributed by atoms with E-state index in [1.807, 2.05) is 12.1 Å². The minimum absolute atomic E-state index is 0.190. The third-order valence-corrected chi connectivity index (χ3v) is 6.79. The fraction of sp³-hybridized carbons (Fsp3) is 0.720. The van der Waals surface area contributed by atoms with Crippen LogP contribution in [0.1, 0.15) is 50.5 Å². The summed E-state index contributed by atoms with van der Waals surface area (Å²) in [7, 11) is 0. The van der Waals surface area contributed by atoms with E-state index in [0.29, 0.717) is 25.6 Å². The molecule has 6 nitrogen and oxygen atoms in total. The van der Waals surface area contributed by atoms with E-state index in [9.17, 15) is 4.79 Å². The van der Waals surface area contributed by atoms with E-state index in [0.717, 1.165) is 76.5 Å². The molecule has 0 radical (unpaired) electrons. The van der Waals surface area contributed by atoms with Gasteiger partial charge in [0.1, 0.15) is 12.4 Å². The Labute approximate surface area is 186 Å². The summed E-state index contributed by atoms with van der Waals surface area (Å²) in [6, 6.07) is 8.26. The highest BCUT2D eigenvalue weighted by molar-refractivity contribution is 5.79. The van der Waals surface area contributed by atoms with Crippen molar-refractivity contribution in [2.75, 3.05) is 52.6 Å². The minimum atomic E-state index is 0.190. The summed E-state index contributed by atoms with van der Waals surface area (Å²) in [6.45, 7) is 7.41. The van der Waals surface area contributed by atoms with Crippen molar-refractivity contribution in [1.29, 1.82) is 0 Å². The van der Waals surface area contributed by atoms with Gasteiger partial charge in [-0.3, -0.25) is 9.69 Å². The van der Waals surface area contributed by atoms with Gasteiger partial charge >= 0.3 is 0 Å². The molecule has 3 aliphatic rings. The van der Waals surface area contributed by atoms with Crippen molar-refractivity contribution in [2.45, 2.75) is 57.6 Å². The number of carbonyl (C=O) groups is 1. The van der Waals surface area contributed by atoms with Gasteiger partial charge in [-0.15, -0.1) is 0 Å². The van der Waals surface area contributed by atoms with Gasteiger partial charge < -0.3 is 19.1 Å². The lowest BCUT2D eigenvalue weighted by molar-refractivity contribution is -0.138. The second-order valence-electron chi connectivity index (χ2n) is 9.14. The Bertz CT molecular complexity index is 663. The Kier molecular flexibility index (Phi) is 8.62. The van der Waals surface area contributed by atoms with Crippen LogP contribution in [0.4, 0.5) is 0 Å². The van der Waals surface area contributed by atoms with Gasteiger partial charge in [0, 0.05) is 45.2 Å². The summed E-state index contributed by atoms with van der Waals surface area (Å²) >= 11 is 0. The van der Waals surface area contributed by atoms with Gasteiger partial charge in [0.15, 0.2) is 0 Å². The van der Waals surface area contributed by atoms with Crippen molar-refractivity contribution in [3.8, 4) is 5.75 Å². The van der Waals surface area contributed by atoms with Crippen LogP contribution in [0.25, 0.3) is 0 Å². The van der Waals surface area contributed by atoms with Gasteiger partial charge in [0.25, 0.3) is 0 Å². The average molecular weight is 431 g/mol. The van der Waals surface area contributed by atoms with Crippen LogP contribution in [-0.4, -0.2) is 74.4 Å². The number of morpholine rings is 1. The average Bonchev–Trinajstić information content (AvgIpc) is 3.34. The Morgan fingerprint density at radius 3 is 2.48 bits per heavy atom. The highest BCUT2D eigenvalue weighted by Gasteiger charge is 2.29. The summed E-state index contributed by atoms with van der Waals surface area (Å²) in [5.74, 6) is 1.40. The van der Waals surface area contributed by atoms with Crippen molar-refractivity contribution < 1.29 is 19.0 Å². The van der Waals surface area contributed by atoms with Crippen molar-refractivity contribution >= 4 is 5.91 Å². The standard InChI is InChI=1S/C25H38N2O4/c28-25(22-5-2-1-3-6-22)27(20-24-7-4-15-30-24)19-21-8-10-23(11-9-21)31-18-14-26-12-16-29-17-13-26/h8-11,22,24H,1-7,12-20H2/t24-/m0/s1. The SMILES string of the molecule is O=C(C1CCCCC1)N(Cc1ccc(OCCN2CCOCC2)cc1)C[C@@H]1CCCO1. The van der Waals surface area contributed by atoms with Gasteiger partial charge in [-0.25, -0.2) is 0 Å². The summed E-state index contributed by atoms with van der Waals surface area (Å²) in [5.41, 5.74) is 1.16. The van der Waals surface area contributed by atoms with E-state index in [1.165, 1.54) is 19.3 Å². The summed E-state index contributed by atoms with van der Waals surface area (Å²) in [6.07, 6.45) is 8.06. The minimum Gasteiger partial charge on any atom is -0.492 e. The molecule has 2 saturated heterocycles. The molecule has 0 N–H and O–H groups in total. The molecule has 31 heavy (non-hydrogen) atoms. The van der Waals surface area contributed by atoms with Gasteiger partial charge in [0.05, 0.1) is 19.3 Å². The molecule has 3 fully saturated rings.